The lowest BCUT2D eigenvalue weighted by Crippen LogP contribution is -2.45. The second kappa shape index (κ2) is 8.33. The zero-order valence-electron chi connectivity index (χ0n) is 14.2. The van der Waals surface area contributed by atoms with Crippen LogP contribution in [0.3, 0.4) is 0 Å². The third-order valence-electron chi connectivity index (χ3n) is 4.90. The van der Waals surface area contributed by atoms with E-state index >= 15 is 0 Å². The smallest absolute Gasteiger partial charge is 0.242 e. The van der Waals surface area contributed by atoms with Crippen LogP contribution in [0.2, 0.25) is 0 Å². The van der Waals surface area contributed by atoms with Crippen molar-refractivity contribution in [2.45, 2.75) is 58.5 Å². The molecule has 1 amide bonds. The normalized spacial score (nSPS) is 23.3. The second-order valence-corrected chi connectivity index (χ2v) is 6.50. The fraction of sp³-hybridized carbons (Fsp3) is 0.632. The summed E-state index contributed by atoms with van der Waals surface area (Å²) in [6, 6.07) is 10.3. The number of amides is 1. The van der Waals surface area contributed by atoms with E-state index < -0.39 is 0 Å². The van der Waals surface area contributed by atoms with Gasteiger partial charge in [0.15, 0.2) is 0 Å². The fourth-order valence-electron chi connectivity index (χ4n) is 3.44. The van der Waals surface area contributed by atoms with E-state index in [0.29, 0.717) is 6.04 Å². The molecule has 1 aliphatic carbocycles. The molecule has 1 aliphatic rings. The molecule has 0 saturated heterocycles. The first kappa shape index (κ1) is 17.0. The van der Waals surface area contributed by atoms with Gasteiger partial charge in [-0.15, -0.1) is 0 Å². The Labute approximate surface area is 135 Å². The fourth-order valence-corrected chi connectivity index (χ4v) is 3.44. The number of likely N-dealkylation sites (N-methyl/N-ethyl adjacent to an activating group) is 1. The van der Waals surface area contributed by atoms with Crippen molar-refractivity contribution >= 4 is 5.91 Å². The topological polar surface area (TPSA) is 32.3 Å². The minimum absolute atomic E-state index is 0.162. The highest BCUT2D eigenvalue weighted by Crippen LogP contribution is 2.25. The van der Waals surface area contributed by atoms with Crippen molar-refractivity contribution in [1.29, 1.82) is 0 Å². The van der Waals surface area contributed by atoms with Crippen LogP contribution in [0, 0.1) is 5.92 Å². The van der Waals surface area contributed by atoms with Gasteiger partial charge in [-0.3, -0.25) is 9.69 Å². The Bertz CT molecular complexity index is 448. The van der Waals surface area contributed by atoms with Gasteiger partial charge in [0, 0.05) is 6.04 Å². The molecule has 1 fully saturated rings. The summed E-state index contributed by atoms with van der Waals surface area (Å²) in [5.74, 6) is 0.968. The highest BCUT2D eigenvalue weighted by atomic mass is 16.2. The van der Waals surface area contributed by atoms with Gasteiger partial charge in [-0.1, -0.05) is 51.1 Å². The van der Waals surface area contributed by atoms with Crippen LogP contribution < -0.4 is 5.32 Å². The minimum atomic E-state index is -0.171. The number of rotatable bonds is 6. The molecule has 0 radical (unpaired) electrons. The summed E-state index contributed by atoms with van der Waals surface area (Å²) in [6.07, 6.45) is 4.69. The van der Waals surface area contributed by atoms with Crippen molar-refractivity contribution in [3.63, 3.8) is 0 Å². The van der Waals surface area contributed by atoms with E-state index in [4.69, 9.17) is 0 Å². The van der Waals surface area contributed by atoms with Gasteiger partial charge in [0.1, 0.15) is 6.04 Å². The average Bonchev–Trinajstić information content (AvgIpc) is 2.55. The van der Waals surface area contributed by atoms with Gasteiger partial charge in [0.05, 0.1) is 0 Å². The molecule has 2 rings (SSSR count). The van der Waals surface area contributed by atoms with Gasteiger partial charge in [-0.2, -0.15) is 0 Å². The minimum Gasteiger partial charge on any atom is -0.352 e. The zero-order chi connectivity index (χ0) is 15.9. The van der Waals surface area contributed by atoms with Crippen LogP contribution in [0.15, 0.2) is 30.3 Å². The molecule has 0 aliphatic heterocycles. The molecule has 0 heterocycles. The van der Waals surface area contributed by atoms with E-state index in [-0.39, 0.29) is 11.9 Å². The first-order chi connectivity index (χ1) is 10.7. The van der Waals surface area contributed by atoms with Crippen LogP contribution in [-0.4, -0.2) is 29.9 Å². The third kappa shape index (κ3) is 4.33. The molecule has 3 heteroatoms. The highest BCUT2D eigenvalue weighted by molar-refractivity contribution is 5.83. The van der Waals surface area contributed by atoms with Crippen molar-refractivity contribution in [2.75, 3.05) is 13.1 Å². The number of benzene rings is 1. The van der Waals surface area contributed by atoms with Crippen LogP contribution in [0.1, 0.15) is 58.1 Å². The van der Waals surface area contributed by atoms with E-state index in [9.17, 15) is 4.79 Å². The van der Waals surface area contributed by atoms with Gasteiger partial charge < -0.3 is 5.32 Å². The monoisotopic (exact) mass is 302 g/mol. The van der Waals surface area contributed by atoms with Gasteiger partial charge in [-0.05, 0) is 50.3 Å². The first-order valence-corrected chi connectivity index (χ1v) is 8.75. The maximum atomic E-state index is 12.9. The summed E-state index contributed by atoms with van der Waals surface area (Å²) in [7, 11) is 0. The van der Waals surface area contributed by atoms with Gasteiger partial charge >= 0.3 is 0 Å². The largest absolute Gasteiger partial charge is 0.352 e. The quantitative estimate of drug-likeness (QED) is 0.867. The summed E-state index contributed by atoms with van der Waals surface area (Å²) < 4.78 is 0. The summed E-state index contributed by atoms with van der Waals surface area (Å²) in [5, 5.41) is 3.31. The van der Waals surface area contributed by atoms with E-state index in [1.807, 2.05) is 18.2 Å². The lowest BCUT2D eigenvalue weighted by Gasteiger charge is -2.32. The van der Waals surface area contributed by atoms with Crippen molar-refractivity contribution in [3.05, 3.63) is 35.9 Å². The number of hydrogen-bond acceptors (Lipinski definition) is 2. The van der Waals surface area contributed by atoms with Crippen molar-refractivity contribution in [3.8, 4) is 0 Å². The van der Waals surface area contributed by atoms with Gasteiger partial charge in [0.2, 0.25) is 5.91 Å². The van der Waals surface area contributed by atoms with Crippen LogP contribution in [-0.2, 0) is 4.79 Å². The van der Waals surface area contributed by atoms with E-state index in [2.05, 4.69) is 43.1 Å². The molecule has 1 atom stereocenters. The predicted octanol–water partition coefficient (Wildman–Crippen LogP) is 3.76. The van der Waals surface area contributed by atoms with Gasteiger partial charge in [0.25, 0.3) is 0 Å². The lowest BCUT2D eigenvalue weighted by atomic mass is 9.87. The highest BCUT2D eigenvalue weighted by Gasteiger charge is 2.28. The Kier molecular flexibility index (Phi) is 6.44. The molecule has 122 valence electrons. The van der Waals surface area contributed by atoms with Crippen LogP contribution in [0.5, 0.6) is 0 Å². The van der Waals surface area contributed by atoms with E-state index in [0.717, 1.165) is 37.4 Å². The molecular formula is C19H30N2O. The Morgan fingerprint density at radius 3 is 2.27 bits per heavy atom. The van der Waals surface area contributed by atoms with Gasteiger partial charge in [-0.25, -0.2) is 0 Å². The molecule has 1 N–H and O–H groups in total. The Hall–Kier alpha value is -1.35. The Morgan fingerprint density at radius 1 is 1.14 bits per heavy atom. The molecule has 1 aromatic carbocycles. The number of carbonyl (C=O) groups is 1. The first-order valence-electron chi connectivity index (χ1n) is 8.75. The van der Waals surface area contributed by atoms with Crippen molar-refractivity contribution in [2.24, 2.45) is 5.92 Å². The van der Waals surface area contributed by atoms with Crippen molar-refractivity contribution < 1.29 is 4.79 Å². The summed E-state index contributed by atoms with van der Waals surface area (Å²) in [4.78, 5) is 15.1. The van der Waals surface area contributed by atoms with Crippen LogP contribution in [0.4, 0.5) is 0 Å². The zero-order valence-corrected chi connectivity index (χ0v) is 14.2. The lowest BCUT2D eigenvalue weighted by molar-refractivity contribution is -0.127. The summed E-state index contributed by atoms with van der Waals surface area (Å²) >= 11 is 0. The third-order valence-corrected chi connectivity index (χ3v) is 4.90. The van der Waals surface area contributed by atoms with E-state index in [1.165, 1.54) is 12.8 Å². The molecule has 0 aromatic heterocycles. The summed E-state index contributed by atoms with van der Waals surface area (Å²) in [5.41, 5.74) is 1.09. The van der Waals surface area contributed by atoms with Crippen molar-refractivity contribution in [1.82, 2.24) is 10.2 Å². The maximum absolute atomic E-state index is 12.9. The second-order valence-electron chi connectivity index (χ2n) is 6.50. The number of nitrogens with zero attached hydrogens (tertiary/aromatic N) is 1. The Balaban J connectivity index is 2.09. The van der Waals surface area contributed by atoms with Crippen LogP contribution in [0.25, 0.3) is 0 Å². The molecule has 3 nitrogen and oxygen atoms in total. The Morgan fingerprint density at radius 2 is 1.73 bits per heavy atom. The number of hydrogen-bond donors (Lipinski definition) is 1. The number of carbonyl (C=O) groups excluding carboxylic acids is 1. The molecule has 1 aromatic rings. The average molecular weight is 302 g/mol. The maximum Gasteiger partial charge on any atom is 0.242 e. The SMILES string of the molecule is CCN(CC)C(C(=O)NC1CCC(C)CC1)c1ccccc1. The molecular weight excluding hydrogens is 272 g/mol. The molecule has 1 unspecified atom stereocenters. The number of nitrogens with one attached hydrogen (secondary N) is 1. The molecule has 22 heavy (non-hydrogen) atoms. The molecule has 1 saturated carbocycles. The standard InChI is InChI=1S/C19H30N2O/c1-4-21(5-2)18(16-9-7-6-8-10-16)19(22)20-17-13-11-15(3)12-14-17/h6-10,15,17-18H,4-5,11-14H2,1-3H3,(H,20,22). The van der Waals surface area contributed by atoms with E-state index in [1.54, 1.807) is 0 Å². The summed E-state index contributed by atoms with van der Waals surface area (Å²) in [6.45, 7) is 8.31. The molecule has 0 bridgehead atoms. The molecule has 0 spiro atoms. The predicted molar refractivity (Wildman–Crippen MR) is 91.7 cm³/mol. The van der Waals surface area contributed by atoms with Crippen LogP contribution >= 0.6 is 0 Å².